The molecule has 0 spiro atoms. The molecule has 0 saturated carbocycles. The molecular formula is C16H21N3O4. The van der Waals surface area contributed by atoms with Crippen LogP contribution >= 0.6 is 0 Å². The summed E-state index contributed by atoms with van der Waals surface area (Å²) >= 11 is 0. The molecule has 1 fully saturated rings. The van der Waals surface area contributed by atoms with Crippen molar-refractivity contribution in [3.8, 4) is 5.75 Å². The third-order valence-corrected chi connectivity index (χ3v) is 3.77. The lowest BCUT2D eigenvalue weighted by Crippen LogP contribution is -2.38. The van der Waals surface area contributed by atoms with Gasteiger partial charge >= 0.3 is 5.97 Å². The summed E-state index contributed by atoms with van der Waals surface area (Å²) in [6, 6.07) is 3.66. The van der Waals surface area contributed by atoms with E-state index in [0.717, 1.165) is 38.6 Å². The van der Waals surface area contributed by atoms with Gasteiger partial charge < -0.3 is 14.2 Å². The van der Waals surface area contributed by atoms with Crippen LogP contribution in [-0.4, -0.2) is 66.5 Å². The molecule has 2 aromatic heterocycles. The van der Waals surface area contributed by atoms with Gasteiger partial charge in [0, 0.05) is 31.9 Å². The second-order valence-electron chi connectivity index (χ2n) is 5.27. The van der Waals surface area contributed by atoms with Gasteiger partial charge in [0.2, 0.25) is 0 Å². The monoisotopic (exact) mass is 319 g/mol. The van der Waals surface area contributed by atoms with E-state index < -0.39 is 0 Å². The van der Waals surface area contributed by atoms with Crippen molar-refractivity contribution in [2.75, 3.05) is 46.1 Å². The number of fused-ring (bicyclic) bond motifs is 1. The van der Waals surface area contributed by atoms with E-state index in [2.05, 4.69) is 10.00 Å². The molecular weight excluding hydrogens is 298 g/mol. The number of aromatic nitrogens is 2. The molecule has 1 saturated heterocycles. The number of carbonyl (C=O) groups is 1. The molecule has 0 radical (unpaired) electrons. The van der Waals surface area contributed by atoms with Gasteiger partial charge in [-0.25, -0.2) is 9.31 Å². The van der Waals surface area contributed by atoms with Crippen LogP contribution in [0.1, 0.15) is 17.3 Å². The smallest absolute Gasteiger partial charge is 0.341 e. The first-order valence-electron chi connectivity index (χ1n) is 7.85. The van der Waals surface area contributed by atoms with Crippen molar-refractivity contribution < 1.29 is 19.0 Å². The molecule has 3 heterocycles. The van der Waals surface area contributed by atoms with E-state index in [-0.39, 0.29) is 5.97 Å². The fourth-order valence-corrected chi connectivity index (χ4v) is 2.53. The maximum absolute atomic E-state index is 11.9. The van der Waals surface area contributed by atoms with Crippen LogP contribution in [0, 0.1) is 0 Å². The van der Waals surface area contributed by atoms with Crippen LogP contribution in [0.4, 0.5) is 0 Å². The standard InChI is InChI=1S/C16H21N3O4/c1-2-22-16(20)14-12-17-19-4-3-13(11-15(14)19)23-10-7-18-5-8-21-9-6-18/h3-4,11-12H,2,5-10H2,1H3. The van der Waals surface area contributed by atoms with Gasteiger partial charge in [0.1, 0.15) is 17.9 Å². The average molecular weight is 319 g/mol. The van der Waals surface area contributed by atoms with E-state index in [0.29, 0.717) is 24.3 Å². The molecule has 1 aliphatic heterocycles. The van der Waals surface area contributed by atoms with Crippen LogP contribution in [0.15, 0.2) is 24.5 Å². The highest BCUT2D eigenvalue weighted by Crippen LogP contribution is 2.18. The lowest BCUT2D eigenvalue weighted by molar-refractivity contribution is 0.0322. The molecule has 1 aliphatic rings. The van der Waals surface area contributed by atoms with Crippen molar-refractivity contribution in [1.29, 1.82) is 0 Å². The minimum absolute atomic E-state index is 0.339. The van der Waals surface area contributed by atoms with Gasteiger partial charge in [0.15, 0.2) is 0 Å². The first-order chi connectivity index (χ1) is 11.3. The van der Waals surface area contributed by atoms with Crippen LogP contribution in [0.5, 0.6) is 5.75 Å². The summed E-state index contributed by atoms with van der Waals surface area (Å²) in [6.07, 6.45) is 3.30. The summed E-state index contributed by atoms with van der Waals surface area (Å²) in [5, 5.41) is 4.15. The van der Waals surface area contributed by atoms with Crippen LogP contribution in [0.25, 0.3) is 5.52 Å². The zero-order valence-electron chi connectivity index (χ0n) is 13.2. The lowest BCUT2D eigenvalue weighted by Gasteiger charge is -2.26. The van der Waals surface area contributed by atoms with Gasteiger partial charge in [-0.05, 0) is 13.0 Å². The topological polar surface area (TPSA) is 65.3 Å². The van der Waals surface area contributed by atoms with Crippen LogP contribution in [-0.2, 0) is 9.47 Å². The van der Waals surface area contributed by atoms with E-state index in [1.54, 1.807) is 17.6 Å². The van der Waals surface area contributed by atoms with Crippen molar-refractivity contribution in [3.05, 3.63) is 30.1 Å². The molecule has 23 heavy (non-hydrogen) atoms. The Morgan fingerprint density at radius 3 is 3.00 bits per heavy atom. The predicted molar refractivity (Wildman–Crippen MR) is 83.9 cm³/mol. The highest BCUT2D eigenvalue weighted by molar-refractivity contribution is 5.96. The SMILES string of the molecule is CCOC(=O)c1cnn2ccc(OCCN3CCOCC3)cc12. The van der Waals surface area contributed by atoms with Crippen molar-refractivity contribution in [2.45, 2.75) is 6.92 Å². The molecule has 7 heteroatoms. The summed E-state index contributed by atoms with van der Waals surface area (Å²) in [4.78, 5) is 14.2. The van der Waals surface area contributed by atoms with Gasteiger partial charge in [0.05, 0.1) is 31.5 Å². The molecule has 0 aliphatic carbocycles. The maximum Gasteiger partial charge on any atom is 0.341 e. The van der Waals surface area contributed by atoms with Crippen molar-refractivity contribution >= 4 is 11.5 Å². The Balaban J connectivity index is 1.64. The number of ether oxygens (including phenoxy) is 3. The fraction of sp³-hybridized carbons (Fsp3) is 0.500. The second-order valence-corrected chi connectivity index (χ2v) is 5.27. The van der Waals surface area contributed by atoms with E-state index in [4.69, 9.17) is 14.2 Å². The predicted octanol–water partition coefficient (Wildman–Crippen LogP) is 1.22. The Morgan fingerprint density at radius 2 is 2.22 bits per heavy atom. The normalized spacial score (nSPS) is 15.7. The zero-order valence-corrected chi connectivity index (χ0v) is 13.2. The molecule has 3 rings (SSSR count). The molecule has 0 atom stereocenters. The van der Waals surface area contributed by atoms with Crippen molar-refractivity contribution in [3.63, 3.8) is 0 Å². The van der Waals surface area contributed by atoms with E-state index in [1.165, 1.54) is 6.20 Å². The maximum atomic E-state index is 11.9. The number of hydrogen-bond donors (Lipinski definition) is 0. The van der Waals surface area contributed by atoms with E-state index >= 15 is 0 Å². The van der Waals surface area contributed by atoms with E-state index in [9.17, 15) is 4.79 Å². The molecule has 0 bridgehead atoms. The summed E-state index contributed by atoms with van der Waals surface area (Å²) in [7, 11) is 0. The minimum Gasteiger partial charge on any atom is -0.492 e. The summed E-state index contributed by atoms with van der Waals surface area (Å²) in [5.41, 5.74) is 1.14. The lowest BCUT2D eigenvalue weighted by atomic mass is 10.2. The summed E-state index contributed by atoms with van der Waals surface area (Å²) in [5.74, 6) is 0.352. The van der Waals surface area contributed by atoms with Gasteiger partial charge in [-0.3, -0.25) is 4.90 Å². The van der Waals surface area contributed by atoms with Gasteiger partial charge in [0.25, 0.3) is 0 Å². The largest absolute Gasteiger partial charge is 0.492 e. The minimum atomic E-state index is -0.368. The van der Waals surface area contributed by atoms with Crippen molar-refractivity contribution in [2.24, 2.45) is 0 Å². The third kappa shape index (κ3) is 3.80. The Hall–Kier alpha value is -2.12. The third-order valence-electron chi connectivity index (χ3n) is 3.77. The Bertz CT molecular complexity index is 664. The molecule has 0 N–H and O–H groups in total. The fourth-order valence-electron chi connectivity index (χ4n) is 2.53. The molecule has 0 aromatic carbocycles. The molecule has 124 valence electrons. The van der Waals surface area contributed by atoms with Crippen molar-refractivity contribution in [1.82, 2.24) is 14.5 Å². The van der Waals surface area contributed by atoms with Gasteiger partial charge in [-0.1, -0.05) is 0 Å². The summed E-state index contributed by atoms with van der Waals surface area (Å²) < 4.78 is 17.8. The zero-order chi connectivity index (χ0) is 16.1. The number of rotatable bonds is 6. The van der Waals surface area contributed by atoms with Gasteiger partial charge in [-0.2, -0.15) is 5.10 Å². The highest BCUT2D eigenvalue weighted by atomic mass is 16.5. The Labute approximate surface area is 134 Å². The number of hydrogen-bond acceptors (Lipinski definition) is 6. The quantitative estimate of drug-likeness (QED) is 0.746. The second kappa shape index (κ2) is 7.43. The van der Waals surface area contributed by atoms with Crippen LogP contribution in [0.3, 0.4) is 0 Å². The molecule has 7 nitrogen and oxygen atoms in total. The Kier molecular flexibility index (Phi) is 5.09. The van der Waals surface area contributed by atoms with E-state index in [1.807, 2.05) is 12.1 Å². The number of nitrogens with zero attached hydrogens (tertiary/aromatic N) is 3. The average Bonchev–Trinajstić information content (AvgIpc) is 2.99. The number of esters is 1. The number of pyridine rings is 1. The molecule has 0 amide bonds. The highest BCUT2D eigenvalue weighted by Gasteiger charge is 2.14. The van der Waals surface area contributed by atoms with Gasteiger partial charge in [-0.15, -0.1) is 0 Å². The van der Waals surface area contributed by atoms with Crippen LogP contribution < -0.4 is 4.74 Å². The number of carbonyl (C=O) groups excluding carboxylic acids is 1. The molecule has 0 unspecified atom stereocenters. The number of morpholine rings is 1. The van der Waals surface area contributed by atoms with Crippen LogP contribution in [0.2, 0.25) is 0 Å². The summed E-state index contributed by atoms with van der Waals surface area (Å²) in [6.45, 7) is 7.03. The molecule has 2 aromatic rings. The first-order valence-corrected chi connectivity index (χ1v) is 7.85. The Morgan fingerprint density at radius 1 is 1.39 bits per heavy atom. The first kappa shape index (κ1) is 15.8.